The highest BCUT2D eigenvalue weighted by Crippen LogP contribution is 2.35. The Kier molecular flexibility index (Phi) is 4.03. The normalized spacial score (nSPS) is 39.1. The molecule has 3 rings (SSSR count). The Hall–Kier alpha value is -0.630. The molecule has 0 aromatic heterocycles. The fraction of sp³-hybridized carbons (Fsp3) is 0.938. The summed E-state index contributed by atoms with van der Waals surface area (Å²) in [6.45, 7) is 2.39. The van der Waals surface area contributed by atoms with Crippen LogP contribution in [0.25, 0.3) is 0 Å². The fourth-order valence-electron chi connectivity index (χ4n) is 3.96. The molecule has 3 aliphatic rings. The molecular formula is C16H28N4. The predicted octanol–water partition coefficient (Wildman–Crippen LogP) is 1.58. The Morgan fingerprint density at radius 2 is 2.05 bits per heavy atom. The first-order valence-corrected chi connectivity index (χ1v) is 8.21. The summed E-state index contributed by atoms with van der Waals surface area (Å²) in [5.41, 5.74) is -0.236. The van der Waals surface area contributed by atoms with E-state index in [2.05, 4.69) is 35.3 Å². The van der Waals surface area contributed by atoms with Crippen molar-refractivity contribution in [3.63, 3.8) is 0 Å². The average Bonchev–Trinajstić information content (AvgIpc) is 3.10. The molecule has 2 saturated carbocycles. The van der Waals surface area contributed by atoms with Crippen molar-refractivity contribution in [1.29, 1.82) is 5.26 Å². The van der Waals surface area contributed by atoms with Crippen LogP contribution < -0.4 is 5.32 Å². The van der Waals surface area contributed by atoms with Crippen LogP contribution in [0.15, 0.2) is 0 Å². The topological polar surface area (TPSA) is 42.3 Å². The summed E-state index contributed by atoms with van der Waals surface area (Å²) in [6.07, 6.45) is 8.35. The van der Waals surface area contributed by atoms with E-state index in [1.165, 1.54) is 45.2 Å². The maximum atomic E-state index is 9.68. The Bertz CT molecular complexity index is 384. The smallest absolute Gasteiger partial charge is 0.108 e. The molecule has 3 fully saturated rings. The van der Waals surface area contributed by atoms with E-state index in [0.29, 0.717) is 18.1 Å². The van der Waals surface area contributed by atoms with E-state index < -0.39 is 0 Å². The van der Waals surface area contributed by atoms with Crippen molar-refractivity contribution >= 4 is 0 Å². The third kappa shape index (κ3) is 3.00. The zero-order valence-electron chi connectivity index (χ0n) is 12.9. The summed E-state index contributed by atoms with van der Waals surface area (Å²) < 4.78 is 0. The second kappa shape index (κ2) is 5.63. The molecule has 0 radical (unpaired) electrons. The van der Waals surface area contributed by atoms with Crippen LogP contribution in [0.4, 0.5) is 0 Å². The molecule has 1 heterocycles. The lowest BCUT2D eigenvalue weighted by molar-refractivity contribution is 0.134. The molecule has 4 nitrogen and oxygen atoms in total. The zero-order valence-corrected chi connectivity index (χ0v) is 12.9. The highest BCUT2D eigenvalue weighted by atomic mass is 15.3. The quantitative estimate of drug-likeness (QED) is 0.846. The van der Waals surface area contributed by atoms with Crippen LogP contribution >= 0.6 is 0 Å². The summed E-state index contributed by atoms with van der Waals surface area (Å²) in [7, 11) is 4.37. The fourth-order valence-corrected chi connectivity index (χ4v) is 3.96. The van der Waals surface area contributed by atoms with Crippen molar-refractivity contribution in [3.8, 4) is 6.07 Å². The van der Waals surface area contributed by atoms with Crippen LogP contribution in [0.5, 0.6) is 0 Å². The molecule has 0 aromatic carbocycles. The number of nitrogens with one attached hydrogen (secondary N) is 1. The summed E-state index contributed by atoms with van der Waals surface area (Å²) in [4.78, 5) is 4.99. The molecule has 112 valence electrons. The molecule has 3 unspecified atom stereocenters. The van der Waals surface area contributed by atoms with E-state index in [-0.39, 0.29) is 5.54 Å². The number of hydrogen-bond acceptors (Lipinski definition) is 4. The zero-order chi connectivity index (χ0) is 14.2. The Morgan fingerprint density at radius 3 is 2.65 bits per heavy atom. The van der Waals surface area contributed by atoms with E-state index >= 15 is 0 Å². The lowest BCUT2D eigenvalue weighted by atomic mass is 9.79. The SMILES string of the molecule is CN(C)C1CCN(C2CCCC(C#N)(NC3CC3)C2)C1. The van der Waals surface area contributed by atoms with Gasteiger partial charge in [0.2, 0.25) is 0 Å². The predicted molar refractivity (Wildman–Crippen MR) is 80.4 cm³/mol. The van der Waals surface area contributed by atoms with Crippen molar-refractivity contribution in [3.05, 3.63) is 0 Å². The molecule has 3 atom stereocenters. The highest BCUT2D eigenvalue weighted by Gasteiger charge is 2.43. The molecule has 20 heavy (non-hydrogen) atoms. The molecule has 0 bridgehead atoms. The molecule has 1 aliphatic heterocycles. The maximum absolute atomic E-state index is 9.68. The van der Waals surface area contributed by atoms with E-state index in [4.69, 9.17) is 0 Å². The molecule has 1 saturated heterocycles. The average molecular weight is 276 g/mol. The van der Waals surface area contributed by atoms with E-state index in [9.17, 15) is 5.26 Å². The Morgan fingerprint density at radius 1 is 1.25 bits per heavy atom. The summed E-state index contributed by atoms with van der Waals surface area (Å²) in [6, 6.07) is 4.56. The number of nitriles is 1. The second-order valence-electron chi connectivity index (χ2n) is 7.26. The molecular weight excluding hydrogens is 248 g/mol. The molecule has 1 N–H and O–H groups in total. The standard InChI is InChI=1S/C16H28N4/c1-19(2)15-7-9-20(11-15)14-4-3-8-16(10-14,12-17)18-13-5-6-13/h13-15,18H,3-11H2,1-2H3. The van der Waals surface area contributed by atoms with Gasteiger partial charge in [-0.3, -0.25) is 10.2 Å². The van der Waals surface area contributed by atoms with E-state index in [1.807, 2.05) is 0 Å². The number of rotatable bonds is 4. The van der Waals surface area contributed by atoms with Crippen LogP contribution in [0.3, 0.4) is 0 Å². The first-order chi connectivity index (χ1) is 9.62. The number of nitrogens with zero attached hydrogens (tertiary/aromatic N) is 3. The van der Waals surface area contributed by atoms with Crippen LogP contribution in [0.2, 0.25) is 0 Å². The molecule has 4 heteroatoms. The number of hydrogen-bond donors (Lipinski definition) is 1. The minimum atomic E-state index is -0.236. The van der Waals surface area contributed by atoms with Gasteiger partial charge in [-0.1, -0.05) is 0 Å². The van der Waals surface area contributed by atoms with Crippen LogP contribution in [-0.4, -0.2) is 60.6 Å². The van der Waals surface area contributed by atoms with Crippen LogP contribution in [0.1, 0.15) is 44.9 Å². The van der Waals surface area contributed by atoms with Gasteiger partial charge >= 0.3 is 0 Å². The van der Waals surface area contributed by atoms with E-state index in [1.54, 1.807) is 0 Å². The van der Waals surface area contributed by atoms with Gasteiger partial charge in [-0.2, -0.15) is 5.26 Å². The van der Waals surface area contributed by atoms with Crippen molar-refractivity contribution in [2.45, 2.75) is 68.6 Å². The van der Waals surface area contributed by atoms with Crippen LogP contribution in [-0.2, 0) is 0 Å². The van der Waals surface area contributed by atoms with Gasteiger partial charge in [0.15, 0.2) is 0 Å². The molecule has 0 aromatic rings. The summed E-state index contributed by atoms with van der Waals surface area (Å²) in [5.74, 6) is 0. The third-order valence-electron chi connectivity index (χ3n) is 5.44. The number of likely N-dealkylation sites (tertiary alicyclic amines) is 1. The van der Waals surface area contributed by atoms with Crippen LogP contribution in [0, 0.1) is 11.3 Å². The van der Waals surface area contributed by atoms with Gasteiger partial charge in [0.25, 0.3) is 0 Å². The van der Waals surface area contributed by atoms with Gasteiger partial charge in [-0.15, -0.1) is 0 Å². The van der Waals surface area contributed by atoms with Gasteiger partial charge < -0.3 is 4.90 Å². The van der Waals surface area contributed by atoms with Gasteiger partial charge in [0, 0.05) is 31.2 Å². The lowest BCUT2D eigenvalue weighted by Crippen LogP contribution is -2.53. The van der Waals surface area contributed by atoms with Crippen molar-refractivity contribution in [1.82, 2.24) is 15.1 Å². The Labute approximate surface area is 123 Å². The second-order valence-corrected chi connectivity index (χ2v) is 7.26. The molecule has 2 aliphatic carbocycles. The third-order valence-corrected chi connectivity index (χ3v) is 5.44. The first kappa shape index (κ1) is 14.3. The van der Waals surface area contributed by atoms with Gasteiger partial charge in [0.1, 0.15) is 5.54 Å². The first-order valence-electron chi connectivity index (χ1n) is 8.21. The van der Waals surface area contributed by atoms with Crippen molar-refractivity contribution in [2.75, 3.05) is 27.2 Å². The Balaban J connectivity index is 1.61. The van der Waals surface area contributed by atoms with Gasteiger partial charge in [-0.25, -0.2) is 0 Å². The van der Waals surface area contributed by atoms with Gasteiger partial charge in [-0.05, 0) is 59.0 Å². The summed E-state index contributed by atoms with van der Waals surface area (Å²) in [5, 5.41) is 13.3. The lowest BCUT2D eigenvalue weighted by Gasteiger charge is -2.40. The van der Waals surface area contributed by atoms with Crippen molar-refractivity contribution < 1.29 is 0 Å². The molecule has 0 spiro atoms. The monoisotopic (exact) mass is 276 g/mol. The summed E-state index contributed by atoms with van der Waals surface area (Å²) >= 11 is 0. The highest BCUT2D eigenvalue weighted by molar-refractivity contribution is 5.13. The van der Waals surface area contributed by atoms with Gasteiger partial charge in [0.05, 0.1) is 6.07 Å². The van der Waals surface area contributed by atoms with E-state index in [0.717, 1.165) is 12.8 Å². The number of likely N-dealkylation sites (N-methyl/N-ethyl adjacent to an activating group) is 1. The minimum Gasteiger partial charge on any atom is -0.305 e. The molecule has 0 amide bonds. The maximum Gasteiger partial charge on any atom is 0.108 e. The minimum absolute atomic E-state index is 0.236. The van der Waals surface area contributed by atoms with Crippen molar-refractivity contribution in [2.24, 2.45) is 0 Å². The largest absolute Gasteiger partial charge is 0.305 e.